The fourth-order valence-corrected chi connectivity index (χ4v) is 3.73. The first-order valence-electron chi connectivity index (χ1n) is 8.33. The van der Waals surface area contributed by atoms with E-state index in [1.54, 1.807) is 43.3 Å². The van der Waals surface area contributed by atoms with Gasteiger partial charge in [0, 0.05) is 10.6 Å². The summed E-state index contributed by atoms with van der Waals surface area (Å²) < 4.78 is 19.1. The molecule has 0 aliphatic heterocycles. The SMILES string of the molecule is CCOC(=O)c1c(Nc2ccccc2F)sc(C(=O)c2ccc(Cl)cc2)c1N. The number of carbonyl (C=O) groups excluding carboxylic acids is 2. The first-order valence-corrected chi connectivity index (χ1v) is 9.53. The van der Waals surface area contributed by atoms with Gasteiger partial charge in [0.15, 0.2) is 0 Å². The highest BCUT2D eigenvalue weighted by molar-refractivity contribution is 7.19. The van der Waals surface area contributed by atoms with Gasteiger partial charge in [-0.1, -0.05) is 23.7 Å². The van der Waals surface area contributed by atoms with Crippen LogP contribution in [-0.4, -0.2) is 18.4 Å². The summed E-state index contributed by atoms with van der Waals surface area (Å²) in [5, 5.41) is 3.57. The molecule has 5 nitrogen and oxygen atoms in total. The van der Waals surface area contributed by atoms with Gasteiger partial charge in [0.2, 0.25) is 5.78 Å². The van der Waals surface area contributed by atoms with E-state index in [0.29, 0.717) is 10.6 Å². The predicted octanol–water partition coefficient (Wildman–Crippen LogP) is 5.27. The molecule has 0 aliphatic carbocycles. The van der Waals surface area contributed by atoms with Gasteiger partial charge in [-0.25, -0.2) is 9.18 Å². The number of esters is 1. The number of ketones is 1. The van der Waals surface area contributed by atoms with Crippen molar-refractivity contribution in [3.05, 3.63) is 75.4 Å². The van der Waals surface area contributed by atoms with Crippen LogP contribution in [0.4, 0.5) is 20.8 Å². The first kappa shape index (κ1) is 19.9. The third kappa shape index (κ3) is 4.00. The molecule has 144 valence electrons. The van der Waals surface area contributed by atoms with Crippen molar-refractivity contribution >= 4 is 51.1 Å². The Morgan fingerprint density at radius 3 is 2.50 bits per heavy atom. The molecule has 0 bridgehead atoms. The number of halogens is 2. The van der Waals surface area contributed by atoms with E-state index in [2.05, 4.69) is 5.32 Å². The molecule has 0 saturated heterocycles. The molecule has 1 heterocycles. The van der Waals surface area contributed by atoms with E-state index in [1.807, 2.05) is 0 Å². The van der Waals surface area contributed by atoms with Gasteiger partial charge in [-0.05, 0) is 43.3 Å². The quantitative estimate of drug-likeness (QED) is 0.420. The minimum absolute atomic E-state index is 0.00687. The number of ether oxygens (including phenoxy) is 1. The van der Waals surface area contributed by atoms with Crippen molar-refractivity contribution in [2.75, 3.05) is 17.7 Å². The summed E-state index contributed by atoms with van der Waals surface area (Å²) >= 11 is 6.83. The molecule has 0 saturated carbocycles. The Balaban J connectivity index is 2.06. The number of nitrogens with one attached hydrogen (secondary N) is 1. The van der Waals surface area contributed by atoms with Gasteiger partial charge in [-0.3, -0.25) is 4.79 Å². The lowest BCUT2D eigenvalue weighted by atomic mass is 10.1. The molecule has 1 aromatic heterocycles. The predicted molar refractivity (Wildman–Crippen MR) is 109 cm³/mol. The third-order valence-corrected chi connectivity index (χ3v) is 5.23. The summed E-state index contributed by atoms with van der Waals surface area (Å²) in [6.07, 6.45) is 0. The molecule has 0 spiro atoms. The zero-order valence-corrected chi connectivity index (χ0v) is 16.4. The fraction of sp³-hybridized carbons (Fsp3) is 0.100. The maximum atomic E-state index is 14.0. The van der Waals surface area contributed by atoms with Gasteiger partial charge in [-0.15, -0.1) is 11.3 Å². The van der Waals surface area contributed by atoms with Crippen molar-refractivity contribution < 1.29 is 18.7 Å². The molecule has 3 aromatic rings. The zero-order chi connectivity index (χ0) is 20.3. The average Bonchev–Trinajstić information content (AvgIpc) is 3.00. The molecule has 3 N–H and O–H groups in total. The van der Waals surface area contributed by atoms with E-state index in [4.69, 9.17) is 22.1 Å². The second-order valence-corrected chi connectivity index (χ2v) is 7.17. The van der Waals surface area contributed by atoms with Crippen LogP contribution < -0.4 is 11.1 Å². The van der Waals surface area contributed by atoms with Crippen molar-refractivity contribution in [3.63, 3.8) is 0 Å². The number of carbonyl (C=O) groups is 2. The van der Waals surface area contributed by atoms with E-state index < -0.39 is 11.8 Å². The number of anilines is 3. The second-order valence-electron chi connectivity index (χ2n) is 5.71. The summed E-state index contributed by atoms with van der Waals surface area (Å²) in [4.78, 5) is 25.5. The van der Waals surface area contributed by atoms with Crippen LogP contribution in [-0.2, 0) is 4.74 Å². The van der Waals surface area contributed by atoms with Crippen LogP contribution in [0.3, 0.4) is 0 Å². The number of nitrogens with two attached hydrogens (primary N) is 1. The van der Waals surface area contributed by atoms with Crippen molar-refractivity contribution in [2.24, 2.45) is 0 Å². The Kier molecular flexibility index (Phi) is 5.96. The van der Waals surface area contributed by atoms with Gasteiger partial charge >= 0.3 is 5.97 Å². The Hall–Kier alpha value is -2.90. The van der Waals surface area contributed by atoms with Crippen molar-refractivity contribution in [2.45, 2.75) is 6.92 Å². The standard InChI is InChI=1S/C20H16ClFN2O3S/c1-2-27-20(26)15-16(23)18(17(25)11-7-9-12(21)10-8-11)28-19(15)24-14-6-4-3-5-13(14)22/h3-10,24H,2,23H2,1H3. The number of thiophene rings is 1. The zero-order valence-electron chi connectivity index (χ0n) is 14.8. The lowest BCUT2D eigenvalue weighted by Crippen LogP contribution is -2.10. The Bertz CT molecular complexity index is 1030. The summed E-state index contributed by atoms with van der Waals surface area (Å²) in [6.45, 7) is 1.79. The monoisotopic (exact) mass is 418 g/mol. The fourth-order valence-electron chi connectivity index (χ4n) is 2.52. The molecule has 3 rings (SSSR count). The van der Waals surface area contributed by atoms with Crippen LogP contribution in [0.25, 0.3) is 0 Å². The number of nitrogen functional groups attached to an aromatic ring is 1. The number of benzene rings is 2. The number of hydrogen-bond donors (Lipinski definition) is 2. The maximum Gasteiger partial charge on any atom is 0.343 e. The lowest BCUT2D eigenvalue weighted by molar-refractivity contribution is 0.0529. The van der Waals surface area contributed by atoms with Gasteiger partial charge in [0.05, 0.1) is 18.0 Å². The van der Waals surface area contributed by atoms with Crippen LogP contribution in [0.5, 0.6) is 0 Å². The van der Waals surface area contributed by atoms with Crippen LogP contribution in [0.1, 0.15) is 32.5 Å². The molecule has 0 radical (unpaired) electrons. The smallest absolute Gasteiger partial charge is 0.343 e. The molecule has 0 amide bonds. The highest BCUT2D eigenvalue weighted by Crippen LogP contribution is 2.39. The molecule has 8 heteroatoms. The van der Waals surface area contributed by atoms with Crippen molar-refractivity contribution in [1.82, 2.24) is 0 Å². The van der Waals surface area contributed by atoms with Gasteiger partial charge in [0.25, 0.3) is 0 Å². The summed E-state index contributed by atoms with van der Waals surface area (Å²) in [7, 11) is 0. The molecular formula is C20H16ClFN2O3S. The Morgan fingerprint density at radius 1 is 1.18 bits per heavy atom. The third-order valence-electron chi connectivity index (χ3n) is 3.86. The maximum absolute atomic E-state index is 14.0. The minimum atomic E-state index is -0.690. The Labute approximate surface area is 169 Å². The highest BCUT2D eigenvalue weighted by Gasteiger charge is 2.27. The summed E-state index contributed by atoms with van der Waals surface area (Å²) in [5.74, 6) is -1.56. The first-order chi connectivity index (χ1) is 13.4. The average molecular weight is 419 g/mol. The molecule has 0 atom stereocenters. The van der Waals surface area contributed by atoms with Crippen molar-refractivity contribution in [3.8, 4) is 0 Å². The van der Waals surface area contributed by atoms with E-state index in [-0.39, 0.29) is 39.2 Å². The van der Waals surface area contributed by atoms with E-state index in [0.717, 1.165) is 11.3 Å². The van der Waals surface area contributed by atoms with Crippen LogP contribution in [0.15, 0.2) is 48.5 Å². The summed E-state index contributed by atoms with van der Waals surface area (Å²) in [6, 6.07) is 12.3. The minimum Gasteiger partial charge on any atom is -0.462 e. The van der Waals surface area contributed by atoms with Crippen molar-refractivity contribution in [1.29, 1.82) is 0 Å². The van der Waals surface area contributed by atoms with Crippen LogP contribution >= 0.6 is 22.9 Å². The van der Waals surface area contributed by atoms with E-state index in [9.17, 15) is 14.0 Å². The van der Waals surface area contributed by atoms with E-state index in [1.165, 1.54) is 12.1 Å². The van der Waals surface area contributed by atoms with Crippen LogP contribution in [0.2, 0.25) is 5.02 Å². The largest absolute Gasteiger partial charge is 0.462 e. The van der Waals surface area contributed by atoms with Gasteiger partial charge < -0.3 is 15.8 Å². The molecule has 0 unspecified atom stereocenters. The molecule has 2 aromatic carbocycles. The topological polar surface area (TPSA) is 81.4 Å². The second kappa shape index (κ2) is 8.41. The lowest BCUT2D eigenvalue weighted by Gasteiger charge is -2.08. The van der Waals surface area contributed by atoms with E-state index >= 15 is 0 Å². The number of hydrogen-bond acceptors (Lipinski definition) is 6. The molecular weight excluding hydrogens is 403 g/mol. The summed E-state index contributed by atoms with van der Waals surface area (Å²) in [5.41, 5.74) is 6.64. The normalized spacial score (nSPS) is 10.5. The number of rotatable bonds is 6. The number of para-hydroxylation sites is 1. The molecule has 28 heavy (non-hydrogen) atoms. The van der Waals surface area contributed by atoms with Gasteiger partial charge in [0.1, 0.15) is 21.3 Å². The Morgan fingerprint density at radius 2 is 1.86 bits per heavy atom. The van der Waals surface area contributed by atoms with Crippen LogP contribution in [0, 0.1) is 5.82 Å². The highest BCUT2D eigenvalue weighted by atomic mass is 35.5. The molecule has 0 aliphatic rings. The molecule has 0 fully saturated rings. The van der Waals surface area contributed by atoms with Gasteiger partial charge in [-0.2, -0.15) is 0 Å².